The van der Waals surface area contributed by atoms with E-state index in [4.69, 9.17) is 23.2 Å². The maximum absolute atomic E-state index is 14.2. The first-order valence-electron chi connectivity index (χ1n) is 13.8. The third-order valence-corrected chi connectivity index (χ3v) is 9.81. The first kappa shape index (κ1) is 30.9. The van der Waals surface area contributed by atoms with Gasteiger partial charge in [0.2, 0.25) is 11.8 Å². The van der Waals surface area contributed by atoms with Gasteiger partial charge in [0.25, 0.3) is 10.0 Å². The van der Waals surface area contributed by atoms with Crippen LogP contribution in [0.3, 0.4) is 0 Å². The number of carbonyl (C=O) groups excluding carboxylic acids is 2. The summed E-state index contributed by atoms with van der Waals surface area (Å²) < 4.78 is 29.0. The standard InChI is InChI=1S/C31H35Cl2N3O4S/c1-3-28(31(38)34-25-12-8-9-13-25)35(20-23-11-7-10-16-27(23)33)30(37)21-36(29-19-24(32)18-17-22(29)2)41(39,40)26-14-5-4-6-15-26/h4-7,10-11,14-19,25,28H,3,8-9,12-13,20-21H2,1-2H3,(H,34,38)/t28-/m0/s1. The van der Waals surface area contributed by atoms with Crippen molar-refractivity contribution in [1.29, 1.82) is 0 Å². The summed E-state index contributed by atoms with van der Waals surface area (Å²) in [6.45, 7) is 3.11. The number of rotatable bonds is 11. The molecule has 1 saturated carbocycles. The number of benzene rings is 3. The van der Waals surface area contributed by atoms with E-state index in [0.717, 1.165) is 30.0 Å². The van der Waals surface area contributed by atoms with E-state index in [1.807, 2.05) is 13.0 Å². The molecule has 3 aromatic carbocycles. The molecule has 0 aromatic heterocycles. The number of anilines is 1. The van der Waals surface area contributed by atoms with Crippen LogP contribution >= 0.6 is 23.2 Å². The Kier molecular flexibility index (Phi) is 10.3. The number of amides is 2. The van der Waals surface area contributed by atoms with Crippen molar-refractivity contribution in [3.63, 3.8) is 0 Å². The van der Waals surface area contributed by atoms with Crippen LogP contribution in [0, 0.1) is 6.92 Å². The summed E-state index contributed by atoms with van der Waals surface area (Å²) in [6.07, 6.45) is 4.25. The third-order valence-electron chi connectivity index (χ3n) is 7.44. The summed E-state index contributed by atoms with van der Waals surface area (Å²) in [4.78, 5) is 29.2. The molecule has 1 aliphatic carbocycles. The van der Waals surface area contributed by atoms with Gasteiger partial charge in [-0.1, -0.05) is 85.4 Å². The van der Waals surface area contributed by atoms with Crippen LogP contribution in [-0.2, 0) is 26.2 Å². The average molecular weight is 617 g/mol. The molecule has 0 heterocycles. The van der Waals surface area contributed by atoms with Crippen LogP contribution in [0.2, 0.25) is 10.0 Å². The SMILES string of the molecule is CC[C@@H](C(=O)NC1CCCC1)N(Cc1ccccc1Cl)C(=O)CN(c1cc(Cl)ccc1C)S(=O)(=O)c1ccccc1. The Balaban J connectivity index is 1.75. The predicted octanol–water partition coefficient (Wildman–Crippen LogP) is 6.36. The molecule has 218 valence electrons. The second-order valence-corrected chi connectivity index (χ2v) is 13.0. The smallest absolute Gasteiger partial charge is 0.264 e. The molecule has 0 unspecified atom stereocenters. The predicted molar refractivity (Wildman–Crippen MR) is 164 cm³/mol. The fraction of sp³-hybridized carbons (Fsp3) is 0.355. The zero-order chi connectivity index (χ0) is 29.6. The van der Waals surface area contributed by atoms with Gasteiger partial charge in [0.05, 0.1) is 10.6 Å². The van der Waals surface area contributed by atoms with Crippen LogP contribution in [0.15, 0.2) is 77.7 Å². The van der Waals surface area contributed by atoms with E-state index in [1.54, 1.807) is 55.5 Å². The van der Waals surface area contributed by atoms with Crippen molar-refractivity contribution in [2.75, 3.05) is 10.8 Å². The zero-order valence-electron chi connectivity index (χ0n) is 23.2. The second kappa shape index (κ2) is 13.7. The number of nitrogens with one attached hydrogen (secondary N) is 1. The molecule has 1 fully saturated rings. The molecule has 0 radical (unpaired) electrons. The van der Waals surface area contributed by atoms with Crippen LogP contribution in [0.1, 0.15) is 50.2 Å². The Morgan fingerprint density at radius 2 is 1.63 bits per heavy atom. The highest BCUT2D eigenvalue weighted by Crippen LogP contribution is 2.30. The molecule has 10 heteroatoms. The first-order valence-corrected chi connectivity index (χ1v) is 16.0. The fourth-order valence-electron chi connectivity index (χ4n) is 5.18. The maximum atomic E-state index is 14.2. The van der Waals surface area contributed by atoms with Gasteiger partial charge in [-0.15, -0.1) is 0 Å². The summed E-state index contributed by atoms with van der Waals surface area (Å²) in [6, 6.07) is 19.2. The molecule has 1 N–H and O–H groups in total. The van der Waals surface area contributed by atoms with E-state index in [1.165, 1.54) is 23.1 Å². The molecule has 4 rings (SSSR count). The minimum Gasteiger partial charge on any atom is -0.352 e. The summed E-state index contributed by atoms with van der Waals surface area (Å²) in [5.41, 5.74) is 1.58. The number of hydrogen-bond donors (Lipinski definition) is 1. The molecule has 3 aromatic rings. The average Bonchev–Trinajstić information content (AvgIpc) is 3.47. The van der Waals surface area contributed by atoms with Gasteiger partial charge in [0, 0.05) is 22.6 Å². The van der Waals surface area contributed by atoms with Crippen molar-refractivity contribution in [3.05, 3.63) is 94.0 Å². The quantitative estimate of drug-likeness (QED) is 0.272. The normalized spacial score (nSPS) is 14.4. The van der Waals surface area contributed by atoms with E-state index < -0.39 is 28.5 Å². The molecule has 0 spiro atoms. The molecule has 0 aliphatic heterocycles. The highest BCUT2D eigenvalue weighted by molar-refractivity contribution is 7.92. The Labute approximate surface area is 252 Å². The molecule has 1 atom stereocenters. The number of hydrogen-bond acceptors (Lipinski definition) is 4. The minimum absolute atomic E-state index is 0.0378. The van der Waals surface area contributed by atoms with Crippen molar-refractivity contribution in [2.24, 2.45) is 0 Å². The summed E-state index contributed by atoms with van der Waals surface area (Å²) in [5.74, 6) is -0.784. The maximum Gasteiger partial charge on any atom is 0.264 e. The lowest BCUT2D eigenvalue weighted by molar-refractivity contribution is -0.140. The lowest BCUT2D eigenvalue weighted by Gasteiger charge is -2.34. The number of aryl methyl sites for hydroxylation is 1. The topological polar surface area (TPSA) is 86.8 Å². The van der Waals surface area contributed by atoms with Crippen molar-refractivity contribution >= 4 is 50.7 Å². The van der Waals surface area contributed by atoms with E-state index in [-0.39, 0.29) is 29.1 Å². The Morgan fingerprint density at radius 1 is 0.976 bits per heavy atom. The van der Waals surface area contributed by atoms with Crippen molar-refractivity contribution in [1.82, 2.24) is 10.2 Å². The van der Waals surface area contributed by atoms with Gasteiger partial charge >= 0.3 is 0 Å². The van der Waals surface area contributed by atoms with Gasteiger partial charge in [-0.2, -0.15) is 0 Å². The van der Waals surface area contributed by atoms with Crippen LogP contribution < -0.4 is 9.62 Å². The minimum atomic E-state index is -4.17. The highest BCUT2D eigenvalue weighted by atomic mass is 35.5. The summed E-state index contributed by atoms with van der Waals surface area (Å²) >= 11 is 12.8. The van der Waals surface area contributed by atoms with Gasteiger partial charge < -0.3 is 10.2 Å². The van der Waals surface area contributed by atoms with Gasteiger partial charge in [-0.05, 0) is 67.6 Å². The van der Waals surface area contributed by atoms with Crippen molar-refractivity contribution < 1.29 is 18.0 Å². The van der Waals surface area contributed by atoms with E-state index in [2.05, 4.69) is 5.32 Å². The number of halogens is 2. The van der Waals surface area contributed by atoms with Gasteiger partial charge in [0.1, 0.15) is 12.6 Å². The Hall–Kier alpha value is -3.07. The van der Waals surface area contributed by atoms with E-state index >= 15 is 0 Å². The van der Waals surface area contributed by atoms with Crippen LogP contribution in [-0.4, -0.2) is 43.8 Å². The second-order valence-electron chi connectivity index (χ2n) is 10.3. The monoisotopic (exact) mass is 615 g/mol. The molecule has 7 nitrogen and oxygen atoms in total. The largest absolute Gasteiger partial charge is 0.352 e. The highest BCUT2D eigenvalue weighted by Gasteiger charge is 2.35. The molecule has 2 amide bonds. The number of nitrogens with zero attached hydrogens (tertiary/aromatic N) is 2. The fourth-order valence-corrected chi connectivity index (χ4v) is 7.03. The summed E-state index contributed by atoms with van der Waals surface area (Å²) in [5, 5.41) is 3.90. The molecule has 1 aliphatic rings. The van der Waals surface area contributed by atoms with Crippen LogP contribution in [0.4, 0.5) is 5.69 Å². The van der Waals surface area contributed by atoms with E-state index in [0.29, 0.717) is 27.6 Å². The van der Waals surface area contributed by atoms with Crippen LogP contribution in [0.25, 0.3) is 0 Å². The molecular formula is C31H35Cl2N3O4S. The Bertz CT molecular complexity index is 1480. The number of carbonyl (C=O) groups is 2. The van der Waals surface area contributed by atoms with E-state index in [9.17, 15) is 18.0 Å². The third kappa shape index (κ3) is 7.42. The van der Waals surface area contributed by atoms with Crippen molar-refractivity contribution in [2.45, 2.75) is 69.5 Å². The molecule has 41 heavy (non-hydrogen) atoms. The number of sulfonamides is 1. The molecule has 0 bridgehead atoms. The van der Waals surface area contributed by atoms with Gasteiger partial charge in [-0.25, -0.2) is 8.42 Å². The summed E-state index contributed by atoms with van der Waals surface area (Å²) in [7, 11) is -4.17. The molecular weight excluding hydrogens is 581 g/mol. The van der Waals surface area contributed by atoms with Gasteiger partial charge in [-0.3, -0.25) is 13.9 Å². The van der Waals surface area contributed by atoms with Crippen LogP contribution in [0.5, 0.6) is 0 Å². The Morgan fingerprint density at radius 3 is 2.29 bits per heavy atom. The zero-order valence-corrected chi connectivity index (χ0v) is 25.6. The lowest BCUT2D eigenvalue weighted by Crippen LogP contribution is -2.53. The molecule has 0 saturated heterocycles. The van der Waals surface area contributed by atoms with Crippen molar-refractivity contribution in [3.8, 4) is 0 Å². The first-order chi connectivity index (χ1) is 19.6. The lowest BCUT2D eigenvalue weighted by atomic mass is 10.1. The van der Waals surface area contributed by atoms with Gasteiger partial charge in [0.15, 0.2) is 0 Å².